The maximum atomic E-state index is 12.7. The van der Waals surface area contributed by atoms with E-state index in [-0.39, 0.29) is 40.7 Å². The van der Waals surface area contributed by atoms with E-state index in [4.69, 9.17) is 0 Å². The minimum absolute atomic E-state index is 0.0502. The normalized spacial score (nSPS) is 25.1. The number of hydrogen-bond donors (Lipinski definition) is 0. The summed E-state index contributed by atoms with van der Waals surface area (Å²) in [5, 5.41) is 0. The number of benzene rings is 1. The van der Waals surface area contributed by atoms with Gasteiger partial charge in [0.2, 0.25) is 26.0 Å². The van der Waals surface area contributed by atoms with Gasteiger partial charge in [0.15, 0.2) is 9.84 Å². The second-order valence-corrected chi connectivity index (χ2v) is 12.5. The largest absolute Gasteiger partial charge is 0.273 e. The summed E-state index contributed by atoms with van der Waals surface area (Å²) in [4.78, 5) is 11.7. The first-order chi connectivity index (χ1) is 11.9. The highest BCUT2D eigenvalue weighted by Gasteiger charge is 2.38. The van der Waals surface area contributed by atoms with Crippen LogP contribution < -0.4 is 4.31 Å². The molecule has 9 nitrogen and oxygen atoms in total. The molecule has 1 aromatic rings. The van der Waals surface area contributed by atoms with Crippen LogP contribution in [0, 0.1) is 0 Å². The molecular weight excluding hydrogens is 404 g/mol. The fraction of sp³-hybridized carbons (Fsp3) is 0.500. The van der Waals surface area contributed by atoms with Gasteiger partial charge in [-0.3, -0.25) is 4.79 Å². The summed E-state index contributed by atoms with van der Waals surface area (Å²) >= 11 is 0. The molecule has 0 aromatic heterocycles. The van der Waals surface area contributed by atoms with Gasteiger partial charge >= 0.3 is 0 Å². The molecule has 2 aliphatic rings. The first kappa shape index (κ1) is 19.3. The van der Waals surface area contributed by atoms with Crippen LogP contribution in [0.15, 0.2) is 29.2 Å². The molecule has 0 radical (unpaired) electrons. The Hall–Kier alpha value is -1.50. The number of sulfone groups is 1. The minimum atomic E-state index is -3.94. The fourth-order valence-corrected chi connectivity index (χ4v) is 7.76. The van der Waals surface area contributed by atoms with Crippen molar-refractivity contribution in [3.8, 4) is 0 Å². The van der Waals surface area contributed by atoms with Gasteiger partial charge in [0.05, 0.1) is 27.8 Å². The Balaban J connectivity index is 1.87. The van der Waals surface area contributed by atoms with Crippen LogP contribution in [-0.4, -0.2) is 65.8 Å². The van der Waals surface area contributed by atoms with Crippen molar-refractivity contribution in [2.45, 2.75) is 23.8 Å². The van der Waals surface area contributed by atoms with Crippen LogP contribution in [0.25, 0.3) is 0 Å². The second-order valence-electron chi connectivity index (χ2n) is 6.30. The minimum Gasteiger partial charge on any atom is -0.273 e. The van der Waals surface area contributed by atoms with Crippen molar-refractivity contribution in [1.82, 2.24) is 4.31 Å². The van der Waals surface area contributed by atoms with Crippen LogP contribution in [0.5, 0.6) is 0 Å². The predicted octanol–water partition coefficient (Wildman–Crippen LogP) is -0.439. The summed E-state index contributed by atoms with van der Waals surface area (Å²) in [5.41, 5.74) is 0.0811. The zero-order chi connectivity index (χ0) is 19.3. The van der Waals surface area contributed by atoms with Crippen molar-refractivity contribution < 1.29 is 30.0 Å². The van der Waals surface area contributed by atoms with E-state index in [0.29, 0.717) is 4.31 Å². The summed E-state index contributed by atoms with van der Waals surface area (Å²) < 4.78 is 74.1. The number of anilines is 1. The molecule has 2 heterocycles. The third-order valence-corrected chi connectivity index (χ3v) is 9.91. The first-order valence-electron chi connectivity index (χ1n) is 7.78. The summed E-state index contributed by atoms with van der Waals surface area (Å²) in [7, 11) is -9.58. The molecule has 12 heteroatoms. The molecule has 0 bridgehead atoms. The van der Waals surface area contributed by atoms with E-state index in [0.717, 1.165) is 4.31 Å². The molecule has 1 aromatic carbocycles. The van der Waals surface area contributed by atoms with Gasteiger partial charge in [-0.25, -0.2) is 29.6 Å². The van der Waals surface area contributed by atoms with E-state index in [1.54, 1.807) is 0 Å². The molecular formula is C14H18N2O7S3. The number of sulfonamides is 2. The predicted molar refractivity (Wildman–Crippen MR) is 94.3 cm³/mol. The summed E-state index contributed by atoms with van der Waals surface area (Å²) in [6.07, 6.45) is 0.123. The maximum absolute atomic E-state index is 12.7. The molecule has 0 aliphatic carbocycles. The average molecular weight is 423 g/mol. The third kappa shape index (κ3) is 3.38. The zero-order valence-electron chi connectivity index (χ0n) is 13.9. The lowest BCUT2D eigenvalue weighted by Gasteiger charge is -2.23. The van der Waals surface area contributed by atoms with E-state index in [1.165, 1.54) is 31.3 Å². The van der Waals surface area contributed by atoms with Crippen molar-refractivity contribution in [2.75, 3.05) is 28.6 Å². The van der Waals surface area contributed by atoms with E-state index in [1.807, 2.05) is 0 Å². The van der Waals surface area contributed by atoms with Crippen molar-refractivity contribution in [3.05, 3.63) is 24.3 Å². The van der Waals surface area contributed by atoms with Crippen LogP contribution >= 0.6 is 0 Å². The molecule has 2 fully saturated rings. The van der Waals surface area contributed by atoms with Gasteiger partial charge in [-0.1, -0.05) is 0 Å². The number of carbonyl (C=O) groups is 1. The molecule has 0 unspecified atom stereocenters. The lowest BCUT2D eigenvalue weighted by atomic mass is 10.3. The van der Waals surface area contributed by atoms with Crippen LogP contribution in [0.1, 0.15) is 12.8 Å². The summed E-state index contributed by atoms with van der Waals surface area (Å²) in [6.45, 7) is 0. The van der Waals surface area contributed by atoms with Gasteiger partial charge in [-0.05, 0) is 30.7 Å². The van der Waals surface area contributed by atoms with Gasteiger partial charge in [0.1, 0.15) is 0 Å². The smallest absolute Gasteiger partial charge is 0.243 e. The Kier molecular flexibility index (Phi) is 4.66. The Bertz CT molecular complexity index is 1040. The number of hydrogen-bond acceptors (Lipinski definition) is 7. The number of carbonyl (C=O) groups excluding carboxylic acids is 1. The highest BCUT2D eigenvalue weighted by molar-refractivity contribution is 7.94. The number of nitrogens with zero attached hydrogens (tertiary/aromatic N) is 2. The molecule has 0 saturated carbocycles. The van der Waals surface area contributed by atoms with Crippen LogP contribution in [0.4, 0.5) is 5.69 Å². The molecule has 2 aliphatic heterocycles. The highest BCUT2D eigenvalue weighted by atomic mass is 32.2. The average Bonchev–Trinajstić information content (AvgIpc) is 3.05. The van der Waals surface area contributed by atoms with Crippen molar-refractivity contribution in [2.24, 2.45) is 0 Å². The Morgan fingerprint density at radius 3 is 2.15 bits per heavy atom. The van der Waals surface area contributed by atoms with Gasteiger partial charge in [0, 0.05) is 19.5 Å². The summed E-state index contributed by atoms with van der Waals surface area (Å²) in [5.74, 6) is -1.11. The lowest BCUT2D eigenvalue weighted by molar-refractivity contribution is -0.116. The van der Waals surface area contributed by atoms with Gasteiger partial charge in [0.25, 0.3) is 0 Å². The SMILES string of the molecule is CN([C@H]1CCS(=O)(=O)C1)S(=O)(=O)c1ccc(N2C(=O)CCS2(=O)=O)cc1. The molecule has 0 spiro atoms. The van der Waals surface area contributed by atoms with Crippen LogP contribution in [0.3, 0.4) is 0 Å². The Morgan fingerprint density at radius 1 is 1.08 bits per heavy atom. The van der Waals surface area contributed by atoms with E-state index >= 15 is 0 Å². The maximum Gasteiger partial charge on any atom is 0.243 e. The lowest BCUT2D eigenvalue weighted by Crippen LogP contribution is -2.37. The molecule has 3 rings (SSSR count). The monoisotopic (exact) mass is 422 g/mol. The highest BCUT2D eigenvalue weighted by Crippen LogP contribution is 2.28. The third-order valence-electron chi connectivity index (χ3n) is 4.55. The topological polar surface area (TPSA) is 126 Å². The quantitative estimate of drug-likeness (QED) is 0.644. The first-order valence-corrected chi connectivity index (χ1v) is 12.7. The van der Waals surface area contributed by atoms with Crippen LogP contribution in [-0.2, 0) is 34.7 Å². The van der Waals surface area contributed by atoms with Gasteiger partial charge < -0.3 is 0 Å². The zero-order valence-corrected chi connectivity index (χ0v) is 16.3. The fourth-order valence-electron chi connectivity index (χ4n) is 3.05. The van der Waals surface area contributed by atoms with Gasteiger partial charge in [-0.2, -0.15) is 4.31 Å². The summed E-state index contributed by atoms with van der Waals surface area (Å²) in [6, 6.07) is 4.31. The molecule has 1 atom stereocenters. The standard InChI is InChI=1S/C14H18N2O7S3/c1-15(12-6-8-24(18,19)10-12)26(22,23)13-4-2-11(3-5-13)16-14(17)7-9-25(16,20)21/h2-5,12H,6-10H2,1H3/t12-/m0/s1. The Morgan fingerprint density at radius 2 is 1.69 bits per heavy atom. The second kappa shape index (κ2) is 6.29. The molecule has 2 saturated heterocycles. The van der Waals surface area contributed by atoms with Crippen LogP contribution in [0.2, 0.25) is 0 Å². The molecule has 26 heavy (non-hydrogen) atoms. The van der Waals surface area contributed by atoms with E-state index in [2.05, 4.69) is 0 Å². The molecule has 1 amide bonds. The number of amides is 1. The van der Waals surface area contributed by atoms with E-state index < -0.39 is 41.8 Å². The number of rotatable bonds is 4. The molecule has 144 valence electrons. The van der Waals surface area contributed by atoms with Crippen molar-refractivity contribution >= 4 is 41.5 Å². The van der Waals surface area contributed by atoms with Crippen molar-refractivity contribution in [1.29, 1.82) is 0 Å². The Labute approximate surface area is 152 Å². The molecule has 0 N–H and O–H groups in total. The van der Waals surface area contributed by atoms with Gasteiger partial charge in [-0.15, -0.1) is 0 Å². The van der Waals surface area contributed by atoms with Crippen molar-refractivity contribution in [3.63, 3.8) is 0 Å². The van der Waals surface area contributed by atoms with E-state index in [9.17, 15) is 30.0 Å².